The number of aromatic nitrogens is 4. The smallest absolute Gasteiger partial charge is 0.410 e. The Hall–Kier alpha value is -2.78. The minimum atomic E-state index is -0.518. The van der Waals surface area contributed by atoms with Gasteiger partial charge in [0.05, 0.1) is 12.2 Å². The molecule has 34 heavy (non-hydrogen) atoms. The van der Waals surface area contributed by atoms with Crippen molar-refractivity contribution in [1.82, 2.24) is 24.4 Å². The number of ether oxygens (including phenoxy) is 1. The van der Waals surface area contributed by atoms with E-state index in [-0.39, 0.29) is 17.7 Å². The van der Waals surface area contributed by atoms with Crippen LogP contribution in [0, 0.1) is 5.92 Å². The van der Waals surface area contributed by atoms with E-state index in [9.17, 15) is 9.59 Å². The third-order valence-electron chi connectivity index (χ3n) is 5.74. The lowest BCUT2D eigenvalue weighted by Gasteiger charge is -2.24. The lowest BCUT2D eigenvalue weighted by atomic mass is 10.1. The molecule has 3 aromatic rings. The largest absolute Gasteiger partial charge is 0.444 e. The number of amides is 1. The van der Waals surface area contributed by atoms with E-state index in [1.165, 1.54) is 0 Å². The second kappa shape index (κ2) is 9.46. The molecule has 1 saturated heterocycles. The number of H-pyrrole nitrogens is 1. The van der Waals surface area contributed by atoms with Crippen LogP contribution in [0.1, 0.15) is 45.7 Å². The molecule has 182 valence electrons. The van der Waals surface area contributed by atoms with E-state index >= 15 is 0 Å². The maximum Gasteiger partial charge on any atom is 0.410 e. The second-order valence-corrected chi connectivity index (χ2v) is 10.4. The van der Waals surface area contributed by atoms with Gasteiger partial charge in [-0.25, -0.2) is 14.6 Å². The molecule has 2 aromatic heterocycles. The number of hydrogen-bond donors (Lipinski definition) is 2. The van der Waals surface area contributed by atoms with Gasteiger partial charge in [-0.05, 0) is 63.8 Å². The van der Waals surface area contributed by atoms with Crippen molar-refractivity contribution in [3.8, 4) is 0 Å². The number of anilines is 1. The Morgan fingerprint density at radius 2 is 2.12 bits per heavy atom. The highest BCUT2D eigenvalue weighted by Gasteiger charge is 2.29. The van der Waals surface area contributed by atoms with Crippen molar-refractivity contribution < 1.29 is 9.53 Å². The number of rotatable bonds is 5. The van der Waals surface area contributed by atoms with Gasteiger partial charge in [-0.3, -0.25) is 4.57 Å². The lowest BCUT2D eigenvalue weighted by molar-refractivity contribution is 0.0289. The Morgan fingerprint density at radius 1 is 1.35 bits per heavy atom. The summed E-state index contributed by atoms with van der Waals surface area (Å²) in [5.41, 5.74) is 0.882. The SMILES string of the molecule is C[C@H](c1cc(Cl)ccc1Cl)n1c(=O)[nH]c2cnc(NC[C@@H]3CCN(C(=O)OC(C)(C)C)C3)nc21. The molecule has 0 saturated carbocycles. The van der Waals surface area contributed by atoms with Crippen LogP contribution in [0.2, 0.25) is 10.0 Å². The molecule has 0 radical (unpaired) electrons. The quantitative estimate of drug-likeness (QED) is 0.519. The summed E-state index contributed by atoms with van der Waals surface area (Å²) in [4.78, 5) is 38.5. The number of likely N-dealkylation sites (tertiary alicyclic amines) is 1. The Morgan fingerprint density at radius 3 is 2.85 bits per heavy atom. The van der Waals surface area contributed by atoms with Crippen molar-refractivity contribution in [2.75, 3.05) is 25.0 Å². The fourth-order valence-corrected chi connectivity index (χ4v) is 4.52. The maximum absolute atomic E-state index is 12.7. The lowest BCUT2D eigenvalue weighted by Crippen LogP contribution is -2.35. The van der Waals surface area contributed by atoms with Crippen LogP contribution in [-0.4, -0.2) is 55.7 Å². The zero-order valence-corrected chi connectivity index (χ0v) is 21.1. The molecule has 3 heterocycles. The third kappa shape index (κ3) is 5.31. The number of hydrogen-bond acceptors (Lipinski definition) is 6. The summed E-state index contributed by atoms with van der Waals surface area (Å²) in [6, 6.07) is 4.76. The second-order valence-electron chi connectivity index (χ2n) is 9.53. The molecule has 1 fully saturated rings. The van der Waals surface area contributed by atoms with Crippen LogP contribution in [0.25, 0.3) is 11.2 Å². The van der Waals surface area contributed by atoms with Gasteiger partial charge in [-0.1, -0.05) is 23.2 Å². The number of halogens is 2. The first-order valence-electron chi connectivity index (χ1n) is 11.2. The number of carbonyl (C=O) groups excluding carboxylic acids is 1. The normalized spacial score (nSPS) is 17.2. The first-order valence-corrected chi connectivity index (χ1v) is 11.9. The topological polar surface area (TPSA) is 105 Å². The van der Waals surface area contributed by atoms with Gasteiger partial charge in [0.2, 0.25) is 5.95 Å². The zero-order chi connectivity index (χ0) is 24.6. The van der Waals surface area contributed by atoms with Crippen molar-refractivity contribution >= 4 is 46.4 Å². The predicted molar refractivity (Wildman–Crippen MR) is 133 cm³/mol. The molecule has 11 heteroatoms. The highest BCUT2D eigenvalue weighted by atomic mass is 35.5. The number of fused-ring (bicyclic) bond motifs is 1. The Balaban J connectivity index is 1.49. The van der Waals surface area contributed by atoms with E-state index in [1.54, 1.807) is 33.9 Å². The van der Waals surface area contributed by atoms with Crippen molar-refractivity contribution in [2.45, 2.75) is 45.8 Å². The number of nitrogens with one attached hydrogen (secondary N) is 2. The van der Waals surface area contributed by atoms with Gasteiger partial charge in [-0.15, -0.1) is 0 Å². The summed E-state index contributed by atoms with van der Waals surface area (Å²) in [7, 11) is 0. The highest BCUT2D eigenvalue weighted by Crippen LogP contribution is 2.29. The van der Waals surface area contributed by atoms with E-state index in [2.05, 4.69) is 20.3 Å². The van der Waals surface area contributed by atoms with E-state index < -0.39 is 11.6 Å². The Bertz CT molecular complexity index is 1270. The molecule has 2 N–H and O–H groups in total. The minimum Gasteiger partial charge on any atom is -0.444 e. The van der Waals surface area contributed by atoms with Crippen molar-refractivity contribution in [1.29, 1.82) is 0 Å². The van der Waals surface area contributed by atoms with E-state index in [0.717, 1.165) is 12.0 Å². The number of imidazole rings is 1. The van der Waals surface area contributed by atoms with E-state index in [1.807, 2.05) is 27.7 Å². The first kappa shape index (κ1) is 24.3. The van der Waals surface area contributed by atoms with Gasteiger partial charge in [0.1, 0.15) is 11.1 Å². The van der Waals surface area contributed by atoms with Crippen molar-refractivity contribution in [3.05, 3.63) is 50.5 Å². The number of nitrogens with zero attached hydrogens (tertiary/aromatic N) is 4. The summed E-state index contributed by atoms with van der Waals surface area (Å²) < 4.78 is 7.00. The van der Waals surface area contributed by atoms with Gasteiger partial charge in [0, 0.05) is 29.7 Å². The van der Waals surface area contributed by atoms with Crippen LogP contribution in [-0.2, 0) is 4.74 Å². The van der Waals surface area contributed by atoms with Gasteiger partial charge >= 0.3 is 11.8 Å². The van der Waals surface area contributed by atoms with E-state index in [4.69, 9.17) is 27.9 Å². The molecule has 0 aliphatic carbocycles. The van der Waals surface area contributed by atoms with Crippen molar-refractivity contribution in [3.63, 3.8) is 0 Å². The molecule has 9 nitrogen and oxygen atoms in total. The summed E-state index contributed by atoms with van der Waals surface area (Å²) in [5.74, 6) is 0.643. The van der Waals surface area contributed by atoms with Crippen molar-refractivity contribution in [2.24, 2.45) is 5.92 Å². The van der Waals surface area contributed by atoms with Gasteiger partial charge < -0.3 is 19.9 Å². The summed E-state index contributed by atoms with van der Waals surface area (Å²) in [6.45, 7) is 9.28. The van der Waals surface area contributed by atoms with Crippen LogP contribution in [0.4, 0.5) is 10.7 Å². The third-order valence-corrected chi connectivity index (χ3v) is 6.32. The molecular formula is C23H28Cl2N6O3. The average molecular weight is 507 g/mol. The molecule has 1 aliphatic heterocycles. The molecule has 0 bridgehead atoms. The van der Waals surface area contributed by atoms with Gasteiger partial charge in [0.15, 0.2) is 5.65 Å². The molecule has 4 rings (SSSR count). The average Bonchev–Trinajstić information content (AvgIpc) is 3.36. The number of benzene rings is 1. The number of aromatic amines is 1. The summed E-state index contributed by atoms with van der Waals surface area (Å²) >= 11 is 12.5. The highest BCUT2D eigenvalue weighted by molar-refractivity contribution is 6.33. The molecule has 0 unspecified atom stereocenters. The summed E-state index contributed by atoms with van der Waals surface area (Å²) in [6.07, 6.45) is 2.14. The van der Waals surface area contributed by atoms with Crippen LogP contribution in [0.15, 0.2) is 29.2 Å². The van der Waals surface area contributed by atoms with E-state index in [0.29, 0.717) is 46.8 Å². The first-order chi connectivity index (χ1) is 16.0. The number of carbonyl (C=O) groups is 1. The fraction of sp³-hybridized carbons (Fsp3) is 0.478. The van der Waals surface area contributed by atoms with Gasteiger partial charge in [0.25, 0.3) is 0 Å². The zero-order valence-electron chi connectivity index (χ0n) is 19.6. The Labute approximate surface area is 207 Å². The van der Waals surface area contributed by atoms with Gasteiger partial charge in [-0.2, -0.15) is 4.98 Å². The standard InChI is InChI=1S/C23H28Cl2N6O3/c1-13(16-9-15(24)5-6-17(16)25)31-19-18(28-21(31)32)11-27-20(29-19)26-10-14-7-8-30(12-14)22(33)34-23(2,3)4/h5-6,9,11,13-14H,7-8,10,12H2,1-4H3,(H,28,32)(H,26,27,29)/t13-,14+/m1/s1. The van der Waals surface area contributed by atoms with Crippen LogP contribution in [0.3, 0.4) is 0 Å². The molecule has 0 spiro atoms. The molecule has 1 aliphatic rings. The maximum atomic E-state index is 12.7. The molecule has 1 aromatic carbocycles. The van der Waals surface area contributed by atoms with Crippen LogP contribution in [0.5, 0.6) is 0 Å². The fourth-order valence-electron chi connectivity index (χ4n) is 4.06. The molecular weight excluding hydrogens is 479 g/mol. The predicted octanol–water partition coefficient (Wildman–Crippen LogP) is 4.70. The molecule has 1 amide bonds. The van der Waals surface area contributed by atoms with Crippen LogP contribution < -0.4 is 11.0 Å². The molecule has 2 atom stereocenters. The minimum absolute atomic E-state index is 0.240. The monoisotopic (exact) mass is 506 g/mol. The summed E-state index contributed by atoms with van der Waals surface area (Å²) in [5, 5.41) is 4.30. The Kier molecular flexibility index (Phi) is 6.78. The van der Waals surface area contributed by atoms with Crippen LogP contribution >= 0.6 is 23.2 Å².